The van der Waals surface area contributed by atoms with Gasteiger partial charge in [-0.2, -0.15) is 0 Å². The van der Waals surface area contributed by atoms with Crippen LogP contribution in [-0.4, -0.2) is 36.0 Å². The van der Waals surface area contributed by atoms with Gasteiger partial charge in [-0.3, -0.25) is 4.79 Å². The minimum Gasteiger partial charge on any atom is -0.492 e. The highest BCUT2D eigenvalue weighted by Crippen LogP contribution is 2.50. The van der Waals surface area contributed by atoms with Crippen molar-refractivity contribution in [3.05, 3.63) is 50.8 Å². The van der Waals surface area contributed by atoms with Gasteiger partial charge in [-0.05, 0) is 30.5 Å². The fourth-order valence-corrected chi connectivity index (χ4v) is 5.00. The lowest BCUT2D eigenvalue weighted by atomic mass is 9.80. The molecular formula is C23H26ClNO5. The minimum absolute atomic E-state index is 0.121. The predicted molar refractivity (Wildman–Crippen MR) is 115 cm³/mol. The maximum Gasteiger partial charge on any atom is 0.341 e. The molecule has 2 aliphatic rings. The Hall–Kier alpha value is -2.31. The molecule has 30 heavy (non-hydrogen) atoms. The van der Waals surface area contributed by atoms with Crippen molar-refractivity contribution < 1.29 is 19.4 Å². The zero-order chi connectivity index (χ0) is 21.3. The maximum absolute atomic E-state index is 12.5. The summed E-state index contributed by atoms with van der Waals surface area (Å²) in [7, 11) is 1.66. The first kappa shape index (κ1) is 20.9. The van der Waals surface area contributed by atoms with Crippen LogP contribution in [0.4, 0.5) is 0 Å². The first-order chi connectivity index (χ1) is 14.5. The molecule has 0 spiro atoms. The first-order valence-corrected chi connectivity index (χ1v) is 10.8. The van der Waals surface area contributed by atoms with E-state index in [1.807, 2.05) is 16.7 Å². The molecule has 6 nitrogen and oxygen atoms in total. The Bertz CT molecular complexity index is 1020. The Morgan fingerprint density at radius 3 is 2.77 bits per heavy atom. The number of carboxylic acids is 1. The molecule has 160 valence electrons. The summed E-state index contributed by atoms with van der Waals surface area (Å²) in [4.78, 5) is 24.0. The summed E-state index contributed by atoms with van der Waals surface area (Å²) in [6, 6.07) is 5.44. The number of nitrogens with zero attached hydrogens (tertiary/aromatic N) is 1. The number of hydrogen-bond donors (Lipinski definition) is 1. The van der Waals surface area contributed by atoms with Crippen LogP contribution in [-0.2, 0) is 4.74 Å². The van der Waals surface area contributed by atoms with E-state index in [2.05, 4.69) is 0 Å². The molecule has 0 amide bonds. The molecule has 0 unspecified atom stereocenters. The van der Waals surface area contributed by atoms with E-state index in [0.29, 0.717) is 24.0 Å². The van der Waals surface area contributed by atoms with Gasteiger partial charge in [-0.1, -0.05) is 30.9 Å². The highest BCUT2D eigenvalue weighted by molar-refractivity contribution is 6.32. The van der Waals surface area contributed by atoms with E-state index in [0.717, 1.165) is 55.3 Å². The summed E-state index contributed by atoms with van der Waals surface area (Å²) >= 11 is 6.53. The molecule has 0 saturated heterocycles. The molecule has 2 atom stereocenters. The van der Waals surface area contributed by atoms with Crippen molar-refractivity contribution in [1.29, 1.82) is 0 Å². The summed E-state index contributed by atoms with van der Waals surface area (Å²) in [5.41, 5.74) is 2.09. The van der Waals surface area contributed by atoms with E-state index in [1.54, 1.807) is 7.11 Å². The Labute approximate surface area is 180 Å². The van der Waals surface area contributed by atoms with Gasteiger partial charge in [0.15, 0.2) is 5.43 Å². The number of aromatic carboxylic acids is 1. The SMILES string of the molecule is COCCCOc1cc2c(cc1Cl)-c1cc(=O)c(C(=O)O)cn1[C@@H]1CCCCC[C@@H]21. The van der Waals surface area contributed by atoms with Gasteiger partial charge >= 0.3 is 5.97 Å². The maximum atomic E-state index is 12.5. The number of hydrogen-bond acceptors (Lipinski definition) is 4. The molecule has 0 radical (unpaired) electrons. The molecule has 1 aromatic carbocycles. The van der Waals surface area contributed by atoms with Gasteiger partial charge in [-0.15, -0.1) is 0 Å². The summed E-state index contributed by atoms with van der Waals surface area (Å²) in [6.45, 7) is 1.13. The minimum atomic E-state index is -1.19. The van der Waals surface area contributed by atoms with Crippen LogP contribution >= 0.6 is 11.6 Å². The van der Waals surface area contributed by atoms with Crippen LogP contribution in [0.5, 0.6) is 5.75 Å². The molecule has 1 N–H and O–H groups in total. The zero-order valence-corrected chi connectivity index (χ0v) is 17.8. The van der Waals surface area contributed by atoms with Gasteiger partial charge in [0.25, 0.3) is 0 Å². The van der Waals surface area contributed by atoms with Gasteiger partial charge in [-0.25, -0.2) is 4.79 Å². The van der Waals surface area contributed by atoms with E-state index in [1.165, 1.54) is 12.3 Å². The number of rotatable bonds is 6. The van der Waals surface area contributed by atoms with Crippen LogP contribution in [0.25, 0.3) is 11.3 Å². The summed E-state index contributed by atoms with van der Waals surface area (Å²) in [5.74, 6) is -0.311. The molecule has 1 saturated carbocycles. The van der Waals surface area contributed by atoms with Crippen LogP contribution in [0.1, 0.15) is 66.4 Å². The van der Waals surface area contributed by atoms with Crippen molar-refractivity contribution >= 4 is 17.6 Å². The second-order valence-corrected chi connectivity index (χ2v) is 8.43. The number of aromatic nitrogens is 1. The van der Waals surface area contributed by atoms with Gasteiger partial charge in [0.1, 0.15) is 11.3 Å². The lowest BCUT2D eigenvalue weighted by molar-refractivity contribution is 0.0694. The first-order valence-electron chi connectivity index (χ1n) is 10.5. The van der Waals surface area contributed by atoms with Gasteiger partial charge in [0, 0.05) is 49.9 Å². The van der Waals surface area contributed by atoms with Crippen LogP contribution in [0.3, 0.4) is 0 Å². The van der Waals surface area contributed by atoms with Crippen molar-refractivity contribution in [3.63, 3.8) is 0 Å². The largest absolute Gasteiger partial charge is 0.492 e. The normalized spacial score (nSPS) is 19.9. The number of methoxy groups -OCH3 is 1. The third-order valence-corrected chi connectivity index (χ3v) is 6.47. The molecule has 2 heterocycles. The molecule has 1 aliphatic carbocycles. The van der Waals surface area contributed by atoms with Gasteiger partial charge < -0.3 is 19.1 Å². The molecule has 0 bridgehead atoms. The topological polar surface area (TPSA) is 77.8 Å². The van der Waals surface area contributed by atoms with Crippen molar-refractivity contribution in [2.75, 3.05) is 20.3 Å². The molecule has 1 aliphatic heterocycles. The number of halogens is 1. The highest BCUT2D eigenvalue weighted by Gasteiger charge is 2.35. The third-order valence-electron chi connectivity index (χ3n) is 6.18. The van der Waals surface area contributed by atoms with E-state index in [9.17, 15) is 14.7 Å². The van der Waals surface area contributed by atoms with Crippen molar-refractivity contribution in [3.8, 4) is 17.0 Å². The smallest absolute Gasteiger partial charge is 0.341 e. The molecule has 7 heteroatoms. The third kappa shape index (κ3) is 3.86. The van der Waals surface area contributed by atoms with E-state index >= 15 is 0 Å². The van der Waals surface area contributed by atoms with Crippen molar-refractivity contribution in [1.82, 2.24) is 4.57 Å². The molecule has 1 fully saturated rings. The number of benzene rings is 1. The van der Waals surface area contributed by atoms with Crippen LogP contribution in [0, 0.1) is 0 Å². The van der Waals surface area contributed by atoms with Crippen LogP contribution < -0.4 is 10.2 Å². The summed E-state index contributed by atoms with van der Waals surface area (Å²) < 4.78 is 13.0. The molecule has 2 aromatic rings. The standard InChI is InChI=1S/C23H26ClNO5/c1-29-8-5-9-30-22-11-15-14-6-3-2-4-7-19(14)25-13-17(23(27)28)21(26)12-20(25)16(15)10-18(22)24/h10-14,19H,2-9H2,1H3,(H,27,28)/t14-,19+/m0/s1. The number of ether oxygens (including phenoxy) is 2. The summed E-state index contributed by atoms with van der Waals surface area (Å²) in [6.07, 6.45) is 7.61. The van der Waals surface area contributed by atoms with Crippen LogP contribution in [0.15, 0.2) is 29.2 Å². The number of pyridine rings is 1. The van der Waals surface area contributed by atoms with E-state index in [-0.39, 0.29) is 17.5 Å². The molecule has 4 rings (SSSR count). The zero-order valence-electron chi connectivity index (χ0n) is 17.0. The Balaban J connectivity index is 1.83. The average molecular weight is 432 g/mol. The quantitative estimate of drug-likeness (QED) is 0.659. The Morgan fingerprint density at radius 2 is 2.00 bits per heavy atom. The second kappa shape index (κ2) is 8.82. The second-order valence-electron chi connectivity index (χ2n) is 8.03. The Morgan fingerprint density at radius 1 is 1.20 bits per heavy atom. The summed E-state index contributed by atoms with van der Waals surface area (Å²) in [5, 5.41) is 9.94. The van der Waals surface area contributed by atoms with Crippen LogP contribution in [0.2, 0.25) is 5.02 Å². The fourth-order valence-electron chi connectivity index (χ4n) is 4.78. The fraction of sp³-hybridized carbons (Fsp3) is 0.478. The average Bonchev–Trinajstić information content (AvgIpc) is 2.97. The lowest BCUT2D eigenvalue weighted by Crippen LogP contribution is -2.28. The number of fused-ring (bicyclic) bond motifs is 6. The molecule has 1 aromatic heterocycles. The molecular weight excluding hydrogens is 406 g/mol. The lowest BCUT2D eigenvalue weighted by Gasteiger charge is -2.37. The Kier molecular flexibility index (Phi) is 6.16. The predicted octanol–water partition coefficient (Wildman–Crippen LogP) is 4.88. The van der Waals surface area contributed by atoms with Gasteiger partial charge in [0.05, 0.1) is 17.3 Å². The monoisotopic (exact) mass is 431 g/mol. The van der Waals surface area contributed by atoms with Crippen molar-refractivity contribution in [2.45, 2.75) is 50.5 Å². The number of carboxylic acid groups (broad SMARTS) is 1. The van der Waals surface area contributed by atoms with Gasteiger partial charge in [0.2, 0.25) is 0 Å². The van der Waals surface area contributed by atoms with E-state index in [4.69, 9.17) is 21.1 Å². The number of carbonyl (C=O) groups is 1. The van der Waals surface area contributed by atoms with Crippen molar-refractivity contribution in [2.24, 2.45) is 0 Å². The highest BCUT2D eigenvalue weighted by atomic mass is 35.5. The van der Waals surface area contributed by atoms with E-state index < -0.39 is 11.4 Å².